The lowest BCUT2D eigenvalue weighted by atomic mass is 9.82. The highest BCUT2D eigenvalue weighted by Crippen LogP contribution is 2.28. The molecule has 0 bridgehead atoms. The van der Waals surface area contributed by atoms with E-state index in [4.69, 9.17) is 0 Å². The van der Waals surface area contributed by atoms with Crippen LogP contribution in [0.15, 0.2) is 0 Å². The maximum Gasteiger partial charge on any atom is 0.232 e. The second-order valence-corrected chi connectivity index (χ2v) is 7.47. The Balaban J connectivity index is 2.20. The molecule has 0 aromatic heterocycles. The van der Waals surface area contributed by atoms with E-state index in [0.717, 1.165) is 19.4 Å². The molecule has 1 amide bonds. The Labute approximate surface area is 103 Å². The highest BCUT2D eigenvalue weighted by Gasteiger charge is 2.29. The van der Waals surface area contributed by atoms with Crippen LogP contribution in [0, 0.1) is 5.92 Å². The molecule has 0 spiro atoms. The minimum Gasteiger partial charge on any atom is -0.393 e. The zero-order valence-electron chi connectivity index (χ0n) is 10.7. The van der Waals surface area contributed by atoms with Crippen LogP contribution in [0.4, 0.5) is 0 Å². The molecule has 0 aromatic rings. The van der Waals surface area contributed by atoms with E-state index in [0.29, 0.717) is 11.7 Å². The molecule has 1 saturated carbocycles. The summed E-state index contributed by atoms with van der Waals surface area (Å²) >= 11 is 1.68. The smallest absolute Gasteiger partial charge is 0.232 e. The van der Waals surface area contributed by atoms with E-state index in [1.165, 1.54) is 0 Å². The van der Waals surface area contributed by atoms with Crippen molar-refractivity contribution in [2.75, 3.05) is 19.3 Å². The maximum absolute atomic E-state index is 11.8. The molecule has 3 nitrogen and oxygen atoms in total. The van der Waals surface area contributed by atoms with Crippen molar-refractivity contribution in [1.29, 1.82) is 0 Å². The van der Waals surface area contributed by atoms with Gasteiger partial charge in [0, 0.05) is 18.3 Å². The second-order valence-electron chi connectivity index (χ2n) is 5.67. The summed E-state index contributed by atoms with van der Waals surface area (Å²) in [6, 6.07) is 0. The minimum absolute atomic E-state index is 0.127. The van der Waals surface area contributed by atoms with Crippen LogP contribution in [0.5, 0.6) is 0 Å². The Hall–Kier alpha value is -0.220. The lowest BCUT2D eigenvalue weighted by Gasteiger charge is -2.34. The lowest BCUT2D eigenvalue weighted by molar-refractivity contribution is -0.128. The van der Waals surface area contributed by atoms with Crippen LogP contribution in [0.25, 0.3) is 0 Å². The van der Waals surface area contributed by atoms with Gasteiger partial charge in [-0.3, -0.25) is 4.79 Å². The summed E-state index contributed by atoms with van der Waals surface area (Å²) in [4.78, 5) is 13.6. The molecule has 0 aromatic carbocycles. The van der Waals surface area contributed by atoms with Gasteiger partial charge in [0.05, 0.1) is 11.9 Å². The van der Waals surface area contributed by atoms with Crippen LogP contribution in [0.2, 0.25) is 0 Å². The highest BCUT2D eigenvalue weighted by atomic mass is 32.2. The van der Waals surface area contributed by atoms with Crippen molar-refractivity contribution in [3.8, 4) is 0 Å². The van der Waals surface area contributed by atoms with Gasteiger partial charge < -0.3 is 10.0 Å². The molecule has 0 heterocycles. The number of aliphatic hydroxyl groups is 1. The van der Waals surface area contributed by atoms with Gasteiger partial charge in [-0.1, -0.05) is 20.8 Å². The summed E-state index contributed by atoms with van der Waals surface area (Å²) in [5, 5.41) is 9.17. The molecule has 0 aliphatic heterocycles. The highest BCUT2D eigenvalue weighted by molar-refractivity contribution is 8.01. The Kier molecular flexibility index (Phi) is 4.68. The Morgan fingerprint density at radius 1 is 1.44 bits per heavy atom. The first-order valence-corrected chi connectivity index (χ1v) is 6.82. The fourth-order valence-corrected chi connectivity index (χ4v) is 2.50. The third-order valence-corrected chi connectivity index (χ3v) is 4.05. The van der Waals surface area contributed by atoms with Crippen molar-refractivity contribution in [2.24, 2.45) is 5.92 Å². The van der Waals surface area contributed by atoms with E-state index in [2.05, 4.69) is 20.8 Å². The average Bonchev–Trinajstić information content (AvgIpc) is 2.10. The second kappa shape index (κ2) is 5.41. The monoisotopic (exact) mass is 245 g/mol. The molecule has 94 valence electrons. The summed E-state index contributed by atoms with van der Waals surface area (Å²) in [7, 11) is 1.86. The zero-order valence-corrected chi connectivity index (χ0v) is 11.5. The minimum atomic E-state index is -0.127. The van der Waals surface area contributed by atoms with Crippen molar-refractivity contribution >= 4 is 17.7 Å². The predicted octanol–water partition coefficient (Wildman–Crippen LogP) is 1.75. The molecule has 0 atom stereocenters. The number of thioether (sulfide) groups is 1. The maximum atomic E-state index is 11.8. The molecule has 1 aliphatic rings. The van der Waals surface area contributed by atoms with Crippen molar-refractivity contribution in [2.45, 2.75) is 44.5 Å². The first-order valence-electron chi connectivity index (χ1n) is 5.84. The third kappa shape index (κ3) is 4.74. The van der Waals surface area contributed by atoms with Gasteiger partial charge in [-0.25, -0.2) is 0 Å². The predicted molar refractivity (Wildman–Crippen MR) is 68.6 cm³/mol. The number of amides is 1. The van der Waals surface area contributed by atoms with Gasteiger partial charge in [-0.2, -0.15) is 0 Å². The number of carbonyl (C=O) groups is 1. The fraction of sp³-hybridized carbons (Fsp3) is 0.917. The molecule has 0 radical (unpaired) electrons. The van der Waals surface area contributed by atoms with E-state index < -0.39 is 0 Å². The number of aliphatic hydroxyl groups excluding tert-OH is 1. The standard InChI is InChI=1S/C12H23NO2S/c1-12(2,3)16-8-11(15)13(4)7-9-5-10(14)6-9/h9-10,14H,5-8H2,1-4H3. The number of carbonyl (C=O) groups excluding carboxylic acids is 1. The van der Waals surface area contributed by atoms with Crippen LogP contribution in [0.1, 0.15) is 33.6 Å². The van der Waals surface area contributed by atoms with Gasteiger partial charge in [-0.15, -0.1) is 11.8 Å². The van der Waals surface area contributed by atoms with Crippen molar-refractivity contribution < 1.29 is 9.90 Å². The molecule has 0 saturated heterocycles. The largest absolute Gasteiger partial charge is 0.393 e. The molecule has 0 unspecified atom stereocenters. The summed E-state index contributed by atoms with van der Waals surface area (Å²) in [6.07, 6.45) is 1.58. The zero-order chi connectivity index (χ0) is 12.3. The van der Waals surface area contributed by atoms with Gasteiger partial charge in [-0.05, 0) is 18.8 Å². The van der Waals surface area contributed by atoms with Crippen molar-refractivity contribution in [3.63, 3.8) is 0 Å². The van der Waals surface area contributed by atoms with Gasteiger partial charge in [0.15, 0.2) is 0 Å². The molecule has 1 rings (SSSR count). The molecule has 1 fully saturated rings. The lowest BCUT2D eigenvalue weighted by Crippen LogP contribution is -2.40. The van der Waals surface area contributed by atoms with Gasteiger partial charge in [0.2, 0.25) is 5.91 Å². The van der Waals surface area contributed by atoms with Crippen LogP contribution in [-0.2, 0) is 4.79 Å². The fourth-order valence-electron chi connectivity index (χ4n) is 1.73. The van der Waals surface area contributed by atoms with Crippen molar-refractivity contribution in [3.05, 3.63) is 0 Å². The molecular formula is C12H23NO2S. The van der Waals surface area contributed by atoms with Crippen molar-refractivity contribution in [1.82, 2.24) is 4.90 Å². The number of rotatable bonds is 4. The molecular weight excluding hydrogens is 222 g/mol. The Morgan fingerprint density at radius 2 is 2.00 bits per heavy atom. The summed E-state index contributed by atoms with van der Waals surface area (Å²) < 4.78 is 0.142. The van der Waals surface area contributed by atoms with E-state index in [1.54, 1.807) is 16.7 Å². The topological polar surface area (TPSA) is 40.5 Å². The molecule has 1 N–H and O–H groups in total. The van der Waals surface area contributed by atoms with Gasteiger partial charge in [0.25, 0.3) is 0 Å². The van der Waals surface area contributed by atoms with E-state index >= 15 is 0 Å². The molecule has 16 heavy (non-hydrogen) atoms. The van der Waals surface area contributed by atoms with Gasteiger partial charge in [0.1, 0.15) is 0 Å². The quantitative estimate of drug-likeness (QED) is 0.820. The Bertz CT molecular complexity index is 244. The van der Waals surface area contributed by atoms with Crippen LogP contribution in [-0.4, -0.2) is 46.1 Å². The molecule has 1 aliphatic carbocycles. The van der Waals surface area contributed by atoms with Crippen LogP contribution < -0.4 is 0 Å². The van der Waals surface area contributed by atoms with Crippen LogP contribution in [0.3, 0.4) is 0 Å². The van der Waals surface area contributed by atoms with E-state index in [1.807, 2.05) is 7.05 Å². The SMILES string of the molecule is CN(CC1CC(O)C1)C(=O)CSC(C)(C)C. The number of nitrogens with zero attached hydrogens (tertiary/aromatic N) is 1. The third-order valence-electron chi connectivity index (χ3n) is 2.80. The normalized spacial score (nSPS) is 25.1. The number of hydrogen-bond acceptors (Lipinski definition) is 3. The van der Waals surface area contributed by atoms with E-state index in [9.17, 15) is 9.90 Å². The molecule has 4 heteroatoms. The summed E-state index contributed by atoms with van der Waals surface area (Å²) in [5.41, 5.74) is 0. The first-order chi connectivity index (χ1) is 7.28. The summed E-state index contributed by atoms with van der Waals surface area (Å²) in [5.74, 6) is 1.25. The summed E-state index contributed by atoms with van der Waals surface area (Å²) in [6.45, 7) is 7.15. The Morgan fingerprint density at radius 3 is 2.44 bits per heavy atom. The van der Waals surface area contributed by atoms with Crippen LogP contribution >= 0.6 is 11.8 Å². The average molecular weight is 245 g/mol. The first kappa shape index (κ1) is 13.8. The van der Waals surface area contributed by atoms with E-state index in [-0.39, 0.29) is 16.8 Å². The van der Waals surface area contributed by atoms with Gasteiger partial charge >= 0.3 is 0 Å². The number of hydrogen-bond donors (Lipinski definition) is 1.